The molecule has 1 aromatic heterocycles. The topological polar surface area (TPSA) is 56.6 Å². The van der Waals surface area contributed by atoms with Gasteiger partial charge < -0.3 is 18.6 Å². The van der Waals surface area contributed by atoms with Gasteiger partial charge in [0.1, 0.15) is 5.75 Å². The molecular weight excluding hydrogens is 571 g/mol. The molecule has 6 nitrogen and oxygen atoms in total. The minimum absolute atomic E-state index is 0.0285. The number of benzene rings is 2. The lowest BCUT2D eigenvalue weighted by Gasteiger charge is -2.50. The second-order valence-electron chi connectivity index (χ2n) is 13.2. The van der Waals surface area contributed by atoms with Crippen LogP contribution in [0.4, 0.5) is 13.2 Å². The first-order chi connectivity index (χ1) is 20.2. The fraction of sp³-hybridized carbons (Fsp3) is 0.455. The monoisotopic (exact) mass is 611 g/mol. The molecule has 2 aliphatic rings. The molecule has 2 fully saturated rings. The first kappa shape index (κ1) is 31.1. The predicted octanol–water partition coefficient (Wildman–Crippen LogP) is 7.91. The summed E-state index contributed by atoms with van der Waals surface area (Å²) in [6.07, 6.45) is 7.53. The van der Waals surface area contributed by atoms with Crippen LogP contribution in [0.2, 0.25) is 18.1 Å². The SMILES string of the molecule is COc1cc(/C=C2\CCC3CC(O[Si](C)(C)C(C)(C)C)CC(c4cc(F)c(F)c(F)c4)N3C2=O)ccc1-n1cnc(C)c1. The molecule has 3 heterocycles. The molecule has 0 spiro atoms. The number of imidazole rings is 1. The van der Waals surface area contributed by atoms with Crippen LogP contribution in [0.25, 0.3) is 11.8 Å². The van der Waals surface area contributed by atoms with Crippen molar-refractivity contribution in [1.82, 2.24) is 14.5 Å². The van der Waals surface area contributed by atoms with Crippen molar-refractivity contribution < 1.29 is 27.1 Å². The summed E-state index contributed by atoms with van der Waals surface area (Å²) in [5.74, 6) is -3.60. The highest BCUT2D eigenvalue weighted by molar-refractivity contribution is 6.74. The van der Waals surface area contributed by atoms with Crippen LogP contribution in [0.3, 0.4) is 0 Å². The Bertz CT molecular complexity index is 1540. The molecule has 3 atom stereocenters. The Morgan fingerprint density at radius 2 is 1.77 bits per heavy atom. The van der Waals surface area contributed by atoms with E-state index >= 15 is 0 Å². The van der Waals surface area contributed by atoms with E-state index in [0.29, 0.717) is 37.0 Å². The van der Waals surface area contributed by atoms with E-state index in [2.05, 4.69) is 38.8 Å². The van der Waals surface area contributed by atoms with Crippen molar-refractivity contribution in [2.45, 2.75) is 89.7 Å². The summed E-state index contributed by atoms with van der Waals surface area (Å²) in [5, 5.41) is -0.0285. The largest absolute Gasteiger partial charge is 0.495 e. The molecule has 230 valence electrons. The van der Waals surface area contributed by atoms with Gasteiger partial charge >= 0.3 is 0 Å². The molecule has 1 amide bonds. The number of methoxy groups -OCH3 is 1. The minimum Gasteiger partial charge on any atom is -0.495 e. The zero-order valence-electron chi connectivity index (χ0n) is 25.9. The highest BCUT2D eigenvalue weighted by Crippen LogP contribution is 2.45. The van der Waals surface area contributed by atoms with Crippen LogP contribution in [0.5, 0.6) is 5.75 Å². The van der Waals surface area contributed by atoms with Crippen molar-refractivity contribution in [2.75, 3.05) is 7.11 Å². The lowest BCUT2D eigenvalue weighted by atomic mass is 9.82. The fourth-order valence-corrected chi connectivity index (χ4v) is 7.31. The molecule has 0 radical (unpaired) electrons. The highest BCUT2D eigenvalue weighted by atomic mass is 28.4. The normalized spacial score (nSPS) is 22.2. The van der Waals surface area contributed by atoms with Crippen LogP contribution in [0.1, 0.15) is 69.3 Å². The van der Waals surface area contributed by atoms with Gasteiger partial charge in [-0.1, -0.05) is 26.8 Å². The summed E-state index contributed by atoms with van der Waals surface area (Å²) in [4.78, 5) is 20.1. The summed E-state index contributed by atoms with van der Waals surface area (Å²) in [5.41, 5.74) is 3.34. The second-order valence-corrected chi connectivity index (χ2v) is 18.0. The molecule has 10 heteroatoms. The van der Waals surface area contributed by atoms with Gasteiger partial charge in [-0.2, -0.15) is 0 Å². The number of carbonyl (C=O) groups excluding carboxylic acids is 1. The second kappa shape index (κ2) is 11.6. The minimum atomic E-state index is -2.17. The number of halogens is 3. The van der Waals surface area contributed by atoms with Crippen molar-refractivity contribution in [3.05, 3.63) is 82.7 Å². The number of carbonyl (C=O) groups is 1. The van der Waals surface area contributed by atoms with Gasteiger partial charge in [0.05, 0.1) is 30.9 Å². The van der Waals surface area contributed by atoms with Crippen LogP contribution in [0, 0.1) is 24.4 Å². The Labute approximate surface area is 252 Å². The van der Waals surface area contributed by atoms with Gasteiger partial charge in [0.25, 0.3) is 5.91 Å². The molecular formula is C33H40F3N3O3Si. The molecule has 5 rings (SSSR count). The van der Waals surface area contributed by atoms with Crippen molar-refractivity contribution >= 4 is 20.3 Å². The molecule has 2 saturated heterocycles. The van der Waals surface area contributed by atoms with E-state index in [1.807, 2.05) is 42.0 Å². The maximum absolute atomic E-state index is 14.5. The van der Waals surface area contributed by atoms with Crippen molar-refractivity contribution in [3.8, 4) is 11.4 Å². The number of hydrogen-bond donors (Lipinski definition) is 0. The van der Waals surface area contributed by atoms with Crippen LogP contribution in [-0.2, 0) is 9.22 Å². The van der Waals surface area contributed by atoms with Gasteiger partial charge in [-0.05, 0) is 92.2 Å². The number of nitrogens with zero attached hydrogens (tertiary/aromatic N) is 3. The third-order valence-electron chi connectivity index (χ3n) is 9.20. The third kappa shape index (κ3) is 6.17. The van der Waals surface area contributed by atoms with E-state index in [-0.39, 0.29) is 28.7 Å². The van der Waals surface area contributed by atoms with Crippen LogP contribution < -0.4 is 4.74 Å². The van der Waals surface area contributed by atoms with E-state index in [0.717, 1.165) is 29.1 Å². The van der Waals surface area contributed by atoms with Gasteiger partial charge in [0.2, 0.25) is 0 Å². The molecule has 43 heavy (non-hydrogen) atoms. The van der Waals surface area contributed by atoms with Gasteiger partial charge in [0.15, 0.2) is 25.8 Å². The maximum atomic E-state index is 14.5. The Morgan fingerprint density at radius 3 is 2.37 bits per heavy atom. The molecule has 3 unspecified atom stereocenters. The molecule has 0 saturated carbocycles. The zero-order chi connectivity index (χ0) is 31.3. The number of rotatable bonds is 6. The van der Waals surface area contributed by atoms with Crippen LogP contribution >= 0.6 is 0 Å². The number of aryl methyl sites for hydroxylation is 1. The van der Waals surface area contributed by atoms with Crippen molar-refractivity contribution in [1.29, 1.82) is 0 Å². The zero-order valence-corrected chi connectivity index (χ0v) is 26.9. The Morgan fingerprint density at radius 1 is 1.07 bits per heavy atom. The predicted molar refractivity (Wildman–Crippen MR) is 163 cm³/mol. The molecule has 0 bridgehead atoms. The summed E-state index contributed by atoms with van der Waals surface area (Å²) < 4.78 is 57.2. The Balaban J connectivity index is 1.48. The van der Waals surface area contributed by atoms with E-state index in [1.165, 1.54) is 0 Å². The smallest absolute Gasteiger partial charge is 0.250 e. The molecule has 2 aliphatic heterocycles. The van der Waals surface area contributed by atoms with Crippen LogP contribution in [-0.4, -0.2) is 47.9 Å². The van der Waals surface area contributed by atoms with E-state index in [9.17, 15) is 18.0 Å². The van der Waals surface area contributed by atoms with Crippen molar-refractivity contribution in [3.63, 3.8) is 0 Å². The number of piperidine rings is 2. The van der Waals surface area contributed by atoms with E-state index in [4.69, 9.17) is 9.16 Å². The highest BCUT2D eigenvalue weighted by Gasteiger charge is 2.46. The first-order valence-corrected chi connectivity index (χ1v) is 17.6. The van der Waals surface area contributed by atoms with Gasteiger partial charge in [-0.15, -0.1) is 0 Å². The third-order valence-corrected chi connectivity index (χ3v) is 13.7. The number of ether oxygens (including phenoxy) is 1. The summed E-state index contributed by atoms with van der Waals surface area (Å²) in [6, 6.07) is 6.91. The lowest BCUT2D eigenvalue weighted by Crippen LogP contribution is -2.55. The number of fused-ring (bicyclic) bond motifs is 1. The number of amides is 1. The molecule has 3 aromatic rings. The number of aromatic nitrogens is 2. The van der Waals surface area contributed by atoms with Gasteiger partial charge in [0, 0.05) is 23.9 Å². The van der Waals surface area contributed by atoms with Crippen LogP contribution in [0.15, 0.2) is 48.4 Å². The quantitative estimate of drug-likeness (QED) is 0.162. The first-order valence-electron chi connectivity index (χ1n) is 14.7. The summed E-state index contributed by atoms with van der Waals surface area (Å²) in [6.45, 7) is 12.7. The molecule has 2 aromatic carbocycles. The average Bonchev–Trinajstić information content (AvgIpc) is 3.37. The van der Waals surface area contributed by atoms with Crippen molar-refractivity contribution in [2.24, 2.45) is 0 Å². The average molecular weight is 612 g/mol. The Hall–Kier alpha value is -3.37. The Kier molecular flexibility index (Phi) is 8.39. The maximum Gasteiger partial charge on any atom is 0.250 e. The molecule has 0 N–H and O–H groups in total. The molecule has 0 aliphatic carbocycles. The number of hydrogen-bond acceptors (Lipinski definition) is 4. The van der Waals surface area contributed by atoms with Gasteiger partial charge in [-0.25, -0.2) is 18.2 Å². The standard InChI is InChI=1S/C33H40F3N3O3Si/c1-20-18-38(19-37-20)28-11-8-21(13-30(28)41-5)12-22-9-10-24-16-25(42-43(6,7)33(2,3)4)17-29(39(24)32(22)40)23-14-26(34)31(36)27(35)15-23/h8,11-15,18-19,24-25,29H,9-10,16-17H2,1-7H3/b22-12+. The summed E-state index contributed by atoms with van der Waals surface area (Å²) in [7, 11) is -0.574. The van der Waals surface area contributed by atoms with Gasteiger partial charge in [-0.3, -0.25) is 4.79 Å². The van der Waals surface area contributed by atoms with E-state index in [1.54, 1.807) is 18.3 Å². The fourth-order valence-electron chi connectivity index (χ4n) is 5.93. The lowest BCUT2D eigenvalue weighted by molar-refractivity contribution is -0.139. The summed E-state index contributed by atoms with van der Waals surface area (Å²) >= 11 is 0. The van der Waals surface area contributed by atoms with E-state index < -0.39 is 31.8 Å².